The first-order valence-corrected chi connectivity index (χ1v) is 8.80. The van der Waals surface area contributed by atoms with Crippen LogP contribution >= 0.6 is 0 Å². The topological polar surface area (TPSA) is 75.7 Å². The molecule has 1 aliphatic heterocycles. The van der Waals surface area contributed by atoms with Gasteiger partial charge < -0.3 is 9.64 Å². The predicted octanol–water partition coefficient (Wildman–Crippen LogP) is 1.24. The molecule has 0 aliphatic carbocycles. The number of carbonyl (C=O) groups excluding carboxylic acids is 1. The van der Waals surface area contributed by atoms with E-state index in [2.05, 4.69) is 4.72 Å². The van der Waals surface area contributed by atoms with Gasteiger partial charge in [0.2, 0.25) is 10.0 Å². The number of benzene rings is 1. The Morgan fingerprint density at radius 3 is 2.77 bits per heavy atom. The van der Waals surface area contributed by atoms with Crippen molar-refractivity contribution in [3.05, 3.63) is 29.8 Å². The molecule has 7 heteroatoms. The first-order chi connectivity index (χ1) is 10.4. The van der Waals surface area contributed by atoms with Crippen molar-refractivity contribution in [3.63, 3.8) is 0 Å². The molecular weight excluding hydrogens is 304 g/mol. The molecule has 0 aromatic heterocycles. The van der Waals surface area contributed by atoms with Crippen molar-refractivity contribution in [1.82, 2.24) is 9.62 Å². The van der Waals surface area contributed by atoms with Gasteiger partial charge >= 0.3 is 0 Å². The molecule has 22 heavy (non-hydrogen) atoms. The van der Waals surface area contributed by atoms with Gasteiger partial charge in [-0.15, -0.1) is 0 Å². The third-order valence-corrected chi connectivity index (χ3v) is 5.09. The molecule has 0 spiro atoms. The Balaban J connectivity index is 2.18. The second-order valence-corrected chi connectivity index (χ2v) is 7.30. The van der Waals surface area contributed by atoms with Crippen molar-refractivity contribution in [2.45, 2.75) is 30.2 Å². The summed E-state index contributed by atoms with van der Waals surface area (Å²) in [5.74, 6) is -0.222. The summed E-state index contributed by atoms with van der Waals surface area (Å²) < 4.78 is 33.0. The molecule has 0 bridgehead atoms. The van der Waals surface area contributed by atoms with Crippen LogP contribution in [0.5, 0.6) is 0 Å². The van der Waals surface area contributed by atoms with Crippen LogP contribution in [0.25, 0.3) is 0 Å². The zero-order chi connectivity index (χ0) is 16.2. The first-order valence-electron chi connectivity index (χ1n) is 7.32. The monoisotopic (exact) mass is 326 g/mol. The van der Waals surface area contributed by atoms with Crippen molar-refractivity contribution >= 4 is 15.9 Å². The van der Waals surface area contributed by atoms with Crippen LogP contribution in [0.15, 0.2) is 29.2 Å². The van der Waals surface area contributed by atoms with Crippen LogP contribution in [0.2, 0.25) is 0 Å². The van der Waals surface area contributed by atoms with E-state index in [1.54, 1.807) is 26.2 Å². The van der Waals surface area contributed by atoms with Crippen molar-refractivity contribution in [1.29, 1.82) is 0 Å². The highest BCUT2D eigenvalue weighted by molar-refractivity contribution is 7.89. The normalized spacial score (nSPS) is 19.5. The summed E-state index contributed by atoms with van der Waals surface area (Å²) in [6.07, 6.45) is 2.26. The van der Waals surface area contributed by atoms with Crippen LogP contribution in [0, 0.1) is 0 Å². The highest BCUT2D eigenvalue weighted by Gasteiger charge is 2.22. The highest BCUT2D eigenvalue weighted by Crippen LogP contribution is 2.16. The second-order valence-electron chi connectivity index (χ2n) is 5.59. The van der Waals surface area contributed by atoms with Crippen LogP contribution in [0.1, 0.15) is 29.6 Å². The lowest BCUT2D eigenvalue weighted by atomic mass is 10.1. The molecule has 2 rings (SSSR count). The number of nitrogens with zero attached hydrogens (tertiary/aromatic N) is 1. The van der Waals surface area contributed by atoms with Gasteiger partial charge in [-0.05, 0) is 37.5 Å². The van der Waals surface area contributed by atoms with Gasteiger partial charge in [-0.1, -0.05) is 6.07 Å². The summed E-state index contributed by atoms with van der Waals surface area (Å²) in [6, 6.07) is 5.99. The number of amides is 1. The maximum Gasteiger partial charge on any atom is 0.253 e. The minimum atomic E-state index is -3.63. The third-order valence-electron chi connectivity index (χ3n) is 3.57. The number of ether oxygens (including phenoxy) is 1. The van der Waals surface area contributed by atoms with E-state index in [4.69, 9.17) is 4.74 Å². The van der Waals surface area contributed by atoms with E-state index < -0.39 is 10.0 Å². The second kappa shape index (κ2) is 7.21. The average Bonchev–Trinajstić information content (AvgIpc) is 2.74. The zero-order valence-electron chi connectivity index (χ0n) is 12.9. The Morgan fingerprint density at radius 2 is 2.05 bits per heavy atom. The van der Waals surface area contributed by atoms with E-state index in [-0.39, 0.29) is 16.8 Å². The molecule has 1 saturated heterocycles. The lowest BCUT2D eigenvalue weighted by Crippen LogP contribution is -2.35. The smallest absolute Gasteiger partial charge is 0.253 e. The Kier molecular flexibility index (Phi) is 5.55. The third kappa shape index (κ3) is 4.28. The minimum absolute atomic E-state index is 0.116. The average molecular weight is 326 g/mol. The van der Waals surface area contributed by atoms with E-state index in [9.17, 15) is 13.2 Å². The van der Waals surface area contributed by atoms with E-state index in [1.165, 1.54) is 17.0 Å². The van der Waals surface area contributed by atoms with Crippen LogP contribution in [-0.2, 0) is 14.8 Å². The summed E-state index contributed by atoms with van der Waals surface area (Å²) in [4.78, 5) is 13.5. The SMILES string of the molecule is CN(C)C(=O)c1cccc(S(=O)(=O)NC2CCCOCC2)c1. The lowest BCUT2D eigenvalue weighted by molar-refractivity contribution is 0.0827. The first kappa shape index (κ1) is 16.9. The number of carbonyl (C=O) groups is 1. The lowest BCUT2D eigenvalue weighted by Gasteiger charge is -2.16. The Labute approximate surface area is 131 Å². The van der Waals surface area contributed by atoms with E-state index in [0.717, 1.165) is 12.8 Å². The van der Waals surface area contributed by atoms with Crippen molar-refractivity contribution in [2.24, 2.45) is 0 Å². The molecule has 1 aromatic carbocycles. The largest absolute Gasteiger partial charge is 0.381 e. The van der Waals surface area contributed by atoms with Gasteiger partial charge in [-0.2, -0.15) is 0 Å². The number of hydrogen-bond acceptors (Lipinski definition) is 4. The minimum Gasteiger partial charge on any atom is -0.381 e. The van der Waals surface area contributed by atoms with Crippen molar-refractivity contribution in [2.75, 3.05) is 27.3 Å². The maximum absolute atomic E-state index is 12.5. The van der Waals surface area contributed by atoms with Gasteiger partial charge in [0.1, 0.15) is 0 Å². The number of rotatable bonds is 4. The molecule has 1 fully saturated rings. The van der Waals surface area contributed by atoms with Crippen LogP contribution in [0.4, 0.5) is 0 Å². The quantitative estimate of drug-likeness (QED) is 0.903. The fourth-order valence-corrected chi connectivity index (χ4v) is 3.71. The van der Waals surface area contributed by atoms with Gasteiger partial charge in [-0.25, -0.2) is 13.1 Å². The van der Waals surface area contributed by atoms with Crippen LogP contribution < -0.4 is 4.72 Å². The Bertz CT molecular complexity index is 620. The molecule has 1 N–H and O–H groups in total. The maximum atomic E-state index is 12.5. The number of hydrogen-bond donors (Lipinski definition) is 1. The van der Waals surface area contributed by atoms with Crippen LogP contribution in [0.3, 0.4) is 0 Å². The molecule has 122 valence electrons. The zero-order valence-corrected chi connectivity index (χ0v) is 13.7. The van der Waals surface area contributed by atoms with Crippen molar-refractivity contribution < 1.29 is 17.9 Å². The summed E-state index contributed by atoms with van der Waals surface area (Å²) in [7, 11) is -0.370. The van der Waals surface area contributed by atoms with E-state index in [0.29, 0.717) is 25.2 Å². The Hall–Kier alpha value is -1.44. The summed E-state index contributed by atoms with van der Waals surface area (Å²) in [5.41, 5.74) is 0.358. The molecule has 1 aromatic rings. The molecule has 1 heterocycles. The van der Waals surface area contributed by atoms with Crippen LogP contribution in [-0.4, -0.2) is 52.6 Å². The van der Waals surface area contributed by atoms with Gasteiger partial charge in [0.05, 0.1) is 4.90 Å². The number of sulfonamides is 1. The molecule has 1 amide bonds. The summed E-state index contributed by atoms with van der Waals surface area (Å²) in [6.45, 7) is 1.23. The molecule has 0 saturated carbocycles. The summed E-state index contributed by atoms with van der Waals surface area (Å²) in [5, 5.41) is 0. The predicted molar refractivity (Wildman–Crippen MR) is 83.2 cm³/mol. The molecule has 0 radical (unpaired) electrons. The van der Waals surface area contributed by atoms with Crippen molar-refractivity contribution in [3.8, 4) is 0 Å². The van der Waals surface area contributed by atoms with Gasteiger partial charge in [0, 0.05) is 38.9 Å². The van der Waals surface area contributed by atoms with E-state index in [1.807, 2.05) is 0 Å². The fraction of sp³-hybridized carbons (Fsp3) is 0.533. The standard InChI is InChI=1S/C15H22N2O4S/c1-17(2)15(18)12-5-3-7-14(11-12)22(19,20)16-13-6-4-9-21-10-8-13/h3,5,7,11,13,16H,4,6,8-10H2,1-2H3. The molecular formula is C15H22N2O4S. The van der Waals surface area contributed by atoms with Gasteiger partial charge in [0.25, 0.3) is 5.91 Å². The molecule has 6 nitrogen and oxygen atoms in total. The molecule has 1 unspecified atom stereocenters. The van der Waals surface area contributed by atoms with E-state index >= 15 is 0 Å². The highest BCUT2D eigenvalue weighted by atomic mass is 32.2. The van der Waals surface area contributed by atoms with Gasteiger partial charge in [0.15, 0.2) is 0 Å². The summed E-state index contributed by atoms with van der Waals surface area (Å²) >= 11 is 0. The number of nitrogens with one attached hydrogen (secondary N) is 1. The van der Waals surface area contributed by atoms with Gasteiger partial charge in [-0.3, -0.25) is 4.79 Å². The molecule has 1 aliphatic rings. The Morgan fingerprint density at radius 1 is 1.27 bits per heavy atom. The fourth-order valence-electron chi connectivity index (χ4n) is 2.36. The molecule has 1 atom stereocenters.